The molecule has 1 saturated heterocycles. The predicted octanol–water partition coefficient (Wildman–Crippen LogP) is 7.18. The molecule has 3 aliphatic rings. The average Bonchev–Trinajstić information content (AvgIpc) is 3.35. The lowest BCUT2D eigenvalue weighted by atomic mass is 9.97. The first-order chi connectivity index (χ1) is 27.1. The molecule has 1 amide bonds. The Kier molecular flexibility index (Phi) is 18.1. The number of aliphatic imine (C=N–C) groups is 2. The van der Waals surface area contributed by atoms with E-state index in [1.807, 2.05) is 26.8 Å². The van der Waals surface area contributed by atoms with Gasteiger partial charge >= 0.3 is 6.09 Å². The minimum absolute atomic E-state index is 0.0430. The zero-order valence-electron chi connectivity index (χ0n) is 35.0. The molecule has 3 N–H and O–H groups in total. The lowest BCUT2D eigenvalue weighted by Gasteiger charge is -2.33. The third-order valence-corrected chi connectivity index (χ3v) is 10.5. The molecule has 11 heteroatoms. The first-order valence-electron chi connectivity index (χ1n) is 20.6. The molecule has 3 unspecified atom stereocenters. The number of alkyl carbamates (subject to hydrolysis) is 1. The van der Waals surface area contributed by atoms with E-state index in [1.54, 1.807) is 12.5 Å². The summed E-state index contributed by atoms with van der Waals surface area (Å²) in [7, 11) is 3.49. The number of amidine groups is 2. The van der Waals surface area contributed by atoms with Crippen LogP contribution < -0.4 is 16.0 Å². The summed E-state index contributed by atoms with van der Waals surface area (Å²) in [6.45, 7) is 17.9. The summed E-state index contributed by atoms with van der Waals surface area (Å²) in [4.78, 5) is 39.5. The number of benzene rings is 1. The van der Waals surface area contributed by atoms with E-state index in [2.05, 4.69) is 89.7 Å². The molecule has 2 heterocycles. The second-order valence-electron chi connectivity index (χ2n) is 15.5. The van der Waals surface area contributed by atoms with E-state index in [-0.39, 0.29) is 24.2 Å². The van der Waals surface area contributed by atoms with Gasteiger partial charge in [-0.1, -0.05) is 77.1 Å². The summed E-state index contributed by atoms with van der Waals surface area (Å²) in [6.07, 6.45) is 19.7. The Morgan fingerprint density at radius 2 is 2.02 bits per heavy atom. The van der Waals surface area contributed by atoms with E-state index in [0.717, 1.165) is 80.3 Å². The highest BCUT2D eigenvalue weighted by atomic mass is 16.5. The van der Waals surface area contributed by atoms with Crippen molar-refractivity contribution in [3.63, 3.8) is 0 Å². The van der Waals surface area contributed by atoms with Gasteiger partial charge in [-0.3, -0.25) is 24.6 Å². The van der Waals surface area contributed by atoms with Gasteiger partial charge in [-0.05, 0) is 106 Å². The Labute approximate surface area is 336 Å². The highest BCUT2D eigenvalue weighted by Crippen LogP contribution is 2.33. The zero-order valence-corrected chi connectivity index (χ0v) is 35.0. The minimum Gasteiger partial charge on any atom is -0.464 e. The normalized spacial score (nSPS) is 19.2. The first-order valence-corrected chi connectivity index (χ1v) is 20.6. The number of hydrogen-bond donors (Lipinski definition) is 3. The molecule has 0 saturated carbocycles. The van der Waals surface area contributed by atoms with Crippen LogP contribution in [0.3, 0.4) is 0 Å². The van der Waals surface area contributed by atoms with Crippen LogP contribution in [-0.2, 0) is 27.1 Å². The quantitative estimate of drug-likeness (QED) is 0.0770. The number of likely N-dealkylation sites (tertiary alicyclic amines) is 1. The molecule has 1 aromatic rings. The molecule has 56 heavy (non-hydrogen) atoms. The minimum atomic E-state index is -0.618. The van der Waals surface area contributed by atoms with Gasteiger partial charge in [-0.25, -0.2) is 4.79 Å². The van der Waals surface area contributed by atoms with Gasteiger partial charge in [0, 0.05) is 24.2 Å². The average molecular weight is 770 g/mol. The Balaban J connectivity index is 1.44. The van der Waals surface area contributed by atoms with Crippen molar-refractivity contribution in [3.05, 3.63) is 89.5 Å². The number of likely N-dealkylation sites (N-methyl/N-ethyl adjacent to an activating group) is 1. The molecule has 3 atom stereocenters. The van der Waals surface area contributed by atoms with Gasteiger partial charge in [0.1, 0.15) is 17.4 Å². The molecule has 11 nitrogen and oxygen atoms in total. The molecule has 2 aliphatic heterocycles. The van der Waals surface area contributed by atoms with Crippen LogP contribution >= 0.6 is 0 Å². The zero-order chi connectivity index (χ0) is 40.5. The summed E-state index contributed by atoms with van der Waals surface area (Å²) < 4.78 is 11.1. The highest BCUT2D eigenvalue weighted by Gasteiger charge is 2.27. The molecule has 0 spiro atoms. The van der Waals surface area contributed by atoms with E-state index in [0.29, 0.717) is 25.7 Å². The molecule has 306 valence electrons. The highest BCUT2D eigenvalue weighted by molar-refractivity contribution is 5.91. The van der Waals surface area contributed by atoms with Gasteiger partial charge in [-0.2, -0.15) is 0 Å². The molecule has 0 radical (unpaired) electrons. The van der Waals surface area contributed by atoms with Gasteiger partial charge in [0.2, 0.25) is 0 Å². The second-order valence-corrected chi connectivity index (χ2v) is 15.5. The van der Waals surface area contributed by atoms with Crippen LogP contribution in [0, 0.1) is 11.8 Å². The number of aryl methyl sites for hydroxylation is 1. The molecule has 4 rings (SSSR count). The number of methoxy groups -OCH3 is 1. The SMILES string of the molecule is C=CNC(=NCC(C)/C=C/C1=C(O/C=C/C)c2ccc(CC3=CCN=C(CN(CCC)CC(=O)C(NC(=O)OC)C(C)C)N3)cc2CCC1)C1CCCCN1C. The summed E-state index contributed by atoms with van der Waals surface area (Å²) in [6, 6.07) is 6.43. The van der Waals surface area contributed by atoms with Crippen molar-refractivity contribution in [3.8, 4) is 0 Å². The van der Waals surface area contributed by atoms with Crippen molar-refractivity contribution >= 4 is 29.3 Å². The van der Waals surface area contributed by atoms with Crippen LogP contribution in [0.4, 0.5) is 4.79 Å². The van der Waals surface area contributed by atoms with Crippen molar-refractivity contribution in [2.24, 2.45) is 21.8 Å². The predicted molar refractivity (Wildman–Crippen MR) is 230 cm³/mol. The number of carbonyl (C=O) groups is 2. The van der Waals surface area contributed by atoms with Gasteiger partial charge < -0.3 is 25.4 Å². The maximum atomic E-state index is 13.3. The first kappa shape index (κ1) is 44.2. The number of allylic oxidation sites excluding steroid dienone is 4. The number of ether oxygens (including phenoxy) is 2. The van der Waals surface area contributed by atoms with Crippen molar-refractivity contribution in [1.29, 1.82) is 0 Å². The molecule has 1 aromatic carbocycles. The summed E-state index contributed by atoms with van der Waals surface area (Å²) in [5.74, 6) is 2.93. The van der Waals surface area contributed by atoms with E-state index in [9.17, 15) is 9.59 Å². The largest absolute Gasteiger partial charge is 0.464 e. The van der Waals surface area contributed by atoms with Gasteiger partial charge in [-0.15, -0.1) is 0 Å². The fraction of sp³-hybridized carbons (Fsp3) is 0.556. The molecule has 1 aliphatic carbocycles. The summed E-state index contributed by atoms with van der Waals surface area (Å²) in [5.41, 5.74) is 5.96. The lowest BCUT2D eigenvalue weighted by molar-refractivity contribution is -0.122. The third kappa shape index (κ3) is 13.3. The third-order valence-electron chi connectivity index (χ3n) is 10.5. The van der Waals surface area contributed by atoms with Crippen molar-refractivity contribution in [2.45, 2.75) is 98.1 Å². The fourth-order valence-electron chi connectivity index (χ4n) is 7.56. The summed E-state index contributed by atoms with van der Waals surface area (Å²) >= 11 is 0. The number of nitrogens with zero attached hydrogens (tertiary/aromatic N) is 4. The standard InChI is InChI=1S/C45H67N7O4/c1-9-24-52(30-40(53)42(32(4)5)50-45(54)55-8)31-41-47-23-22-37(49-41)28-34-19-21-38-36(27-34)16-14-15-35(43(38)56-26-10-2)20-18-33(6)29-48-44(46-11-3)39-17-12-13-25-51(39)7/h10-11,18-22,26-27,32-33,39,42H,3,9,12-17,23-25,28-31H2,1-2,4-8H3,(H,46,48)(H,47,49)(H,50,54)/b20-18+,26-10+. The van der Waals surface area contributed by atoms with Crippen LogP contribution in [-0.4, -0.2) is 98.9 Å². The van der Waals surface area contributed by atoms with Crippen molar-refractivity contribution in [1.82, 2.24) is 25.8 Å². The Hall–Kier alpha value is -4.48. The number of hydrogen-bond acceptors (Lipinski definition) is 9. The Morgan fingerprint density at radius 1 is 1.20 bits per heavy atom. The van der Waals surface area contributed by atoms with E-state index in [4.69, 9.17) is 19.5 Å². The van der Waals surface area contributed by atoms with Gasteiger partial charge in [0.15, 0.2) is 5.78 Å². The number of rotatable bonds is 19. The van der Waals surface area contributed by atoms with Gasteiger partial charge in [0.25, 0.3) is 0 Å². The number of piperidine rings is 1. The molecular weight excluding hydrogens is 703 g/mol. The van der Waals surface area contributed by atoms with E-state index < -0.39 is 12.1 Å². The number of ketones is 1. The van der Waals surface area contributed by atoms with E-state index in [1.165, 1.54) is 36.7 Å². The number of amides is 1. The molecule has 0 bridgehead atoms. The van der Waals surface area contributed by atoms with E-state index >= 15 is 0 Å². The van der Waals surface area contributed by atoms with Crippen molar-refractivity contribution < 1.29 is 19.1 Å². The smallest absolute Gasteiger partial charge is 0.407 e. The Bertz CT molecular complexity index is 1670. The maximum absolute atomic E-state index is 13.3. The van der Waals surface area contributed by atoms with Crippen LogP contribution in [0.1, 0.15) is 89.8 Å². The monoisotopic (exact) mass is 770 g/mol. The fourth-order valence-corrected chi connectivity index (χ4v) is 7.56. The topological polar surface area (TPSA) is 120 Å². The molecule has 1 fully saturated rings. The number of nitrogens with one attached hydrogen (secondary N) is 3. The Morgan fingerprint density at radius 3 is 2.73 bits per heavy atom. The van der Waals surface area contributed by atoms with Crippen LogP contribution in [0.5, 0.6) is 0 Å². The van der Waals surface area contributed by atoms with Crippen LogP contribution in [0.15, 0.2) is 82.8 Å². The van der Waals surface area contributed by atoms with Crippen molar-refractivity contribution in [2.75, 3.05) is 53.4 Å². The second kappa shape index (κ2) is 22.9. The van der Waals surface area contributed by atoms with Crippen LogP contribution in [0.2, 0.25) is 0 Å². The number of Topliss-reactive ketones (excluding diaryl/α,β-unsaturated/α-hetero) is 1. The summed E-state index contributed by atoms with van der Waals surface area (Å²) in [5, 5.41) is 9.59. The van der Waals surface area contributed by atoms with Crippen LogP contribution in [0.25, 0.3) is 5.76 Å². The maximum Gasteiger partial charge on any atom is 0.407 e. The number of carbonyl (C=O) groups excluding carboxylic acids is 2. The number of fused-ring (bicyclic) bond motifs is 1. The van der Waals surface area contributed by atoms with Gasteiger partial charge in [0.05, 0.1) is 45.1 Å². The molecule has 0 aromatic heterocycles. The lowest BCUT2D eigenvalue weighted by Crippen LogP contribution is -2.50. The molecular formula is C45H67N7O4.